The van der Waals surface area contributed by atoms with E-state index in [1.807, 2.05) is 0 Å². The molecule has 0 saturated heterocycles. The van der Waals surface area contributed by atoms with Gasteiger partial charge in [-0.15, -0.1) is 0 Å². The number of carbonyl (C=O) groups excluding carboxylic acids is 1. The average molecular weight is 319 g/mol. The predicted molar refractivity (Wildman–Crippen MR) is 88.4 cm³/mol. The van der Waals surface area contributed by atoms with E-state index in [9.17, 15) is 4.79 Å². The molecule has 0 atom stereocenters. The van der Waals surface area contributed by atoms with Crippen LogP contribution in [0.15, 0.2) is 48.5 Å². The van der Waals surface area contributed by atoms with E-state index in [-0.39, 0.29) is 12.8 Å². The van der Waals surface area contributed by atoms with E-state index >= 15 is 0 Å². The molecule has 0 aliphatic heterocycles. The molecular weight excluding hydrogens is 300 g/mol. The summed E-state index contributed by atoms with van der Waals surface area (Å²) in [6.45, 7) is 2.74. The highest BCUT2D eigenvalue weighted by molar-refractivity contribution is 6.30. The van der Waals surface area contributed by atoms with Gasteiger partial charge in [0.05, 0.1) is 0 Å². The highest BCUT2D eigenvalue weighted by Crippen LogP contribution is 2.14. The third-order valence-electron chi connectivity index (χ3n) is 3.11. The fraction of sp³-hybridized carbons (Fsp3) is 0.235. The number of nitrogens with one attached hydrogen (secondary N) is 2. The third-order valence-corrected chi connectivity index (χ3v) is 3.36. The molecule has 22 heavy (non-hydrogen) atoms. The van der Waals surface area contributed by atoms with Crippen molar-refractivity contribution in [1.82, 2.24) is 10.6 Å². The molecule has 0 aromatic heterocycles. The fourth-order valence-electron chi connectivity index (χ4n) is 1.85. The topological polar surface area (TPSA) is 50.4 Å². The third kappa shape index (κ3) is 5.66. The molecule has 2 aromatic carbocycles. The fourth-order valence-corrected chi connectivity index (χ4v) is 1.98. The normalized spacial score (nSPS) is 10.1. The van der Waals surface area contributed by atoms with Crippen molar-refractivity contribution in [2.24, 2.45) is 0 Å². The first-order chi connectivity index (χ1) is 10.6. The van der Waals surface area contributed by atoms with Gasteiger partial charge in [0.2, 0.25) is 0 Å². The van der Waals surface area contributed by atoms with Crippen LogP contribution in [-0.4, -0.2) is 19.3 Å². The SMILES string of the molecule is Cc1ccc(CCNC(=O)NCOc2ccc(Cl)cc2)cc1. The van der Waals surface area contributed by atoms with Crippen LogP contribution in [0.3, 0.4) is 0 Å². The van der Waals surface area contributed by atoms with Gasteiger partial charge in [-0.3, -0.25) is 0 Å². The van der Waals surface area contributed by atoms with Gasteiger partial charge >= 0.3 is 6.03 Å². The zero-order valence-corrected chi connectivity index (χ0v) is 13.2. The lowest BCUT2D eigenvalue weighted by molar-refractivity contribution is 0.224. The zero-order valence-electron chi connectivity index (χ0n) is 12.4. The molecule has 116 valence electrons. The minimum absolute atomic E-state index is 0.109. The van der Waals surface area contributed by atoms with Crippen molar-refractivity contribution in [2.75, 3.05) is 13.3 Å². The first-order valence-electron chi connectivity index (χ1n) is 7.09. The molecule has 5 heteroatoms. The zero-order chi connectivity index (χ0) is 15.8. The summed E-state index contributed by atoms with van der Waals surface area (Å²) in [5, 5.41) is 6.07. The quantitative estimate of drug-likeness (QED) is 0.801. The lowest BCUT2D eigenvalue weighted by atomic mass is 10.1. The van der Waals surface area contributed by atoms with E-state index in [0.717, 1.165) is 6.42 Å². The number of ether oxygens (including phenoxy) is 1. The van der Waals surface area contributed by atoms with Crippen molar-refractivity contribution in [2.45, 2.75) is 13.3 Å². The maximum atomic E-state index is 11.6. The molecule has 0 unspecified atom stereocenters. The Bertz CT molecular complexity index is 544. The van der Waals surface area contributed by atoms with Gasteiger partial charge in [-0.25, -0.2) is 4.79 Å². The Hall–Kier alpha value is -2.20. The van der Waals surface area contributed by atoms with Gasteiger partial charge in [-0.05, 0) is 43.2 Å². The molecule has 0 bridgehead atoms. The number of carbonyl (C=O) groups is 1. The van der Waals surface area contributed by atoms with Crippen LogP contribution in [0.2, 0.25) is 5.02 Å². The molecule has 2 rings (SSSR count). The maximum absolute atomic E-state index is 11.6. The van der Waals surface area contributed by atoms with Crippen LogP contribution in [0.1, 0.15) is 11.1 Å². The molecule has 0 fully saturated rings. The van der Waals surface area contributed by atoms with Gasteiger partial charge in [0, 0.05) is 11.6 Å². The Labute approximate surface area is 135 Å². The number of rotatable bonds is 6. The molecule has 0 aliphatic carbocycles. The van der Waals surface area contributed by atoms with Gasteiger partial charge < -0.3 is 15.4 Å². The number of hydrogen-bond donors (Lipinski definition) is 2. The van der Waals surface area contributed by atoms with Crippen LogP contribution in [0.25, 0.3) is 0 Å². The molecule has 0 radical (unpaired) electrons. The number of urea groups is 1. The molecule has 0 aliphatic rings. The van der Waals surface area contributed by atoms with Crippen molar-refractivity contribution >= 4 is 17.6 Å². The molecule has 0 spiro atoms. The Morgan fingerprint density at radius 2 is 1.73 bits per heavy atom. The Morgan fingerprint density at radius 1 is 1.05 bits per heavy atom. The summed E-state index contributed by atoms with van der Waals surface area (Å²) < 4.78 is 5.38. The number of benzene rings is 2. The standard InChI is InChI=1S/C17H19ClN2O2/c1-13-2-4-14(5-3-13)10-11-19-17(21)20-12-22-16-8-6-15(18)7-9-16/h2-9H,10-12H2,1H3,(H2,19,20,21). The summed E-state index contributed by atoms with van der Waals surface area (Å²) in [6, 6.07) is 15.0. The number of hydrogen-bond acceptors (Lipinski definition) is 2. The molecule has 0 heterocycles. The molecule has 0 saturated carbocycles. The van der Waals surface area contributed by atoms with Gasteiger partial charge in [-0.1, -0.05) is 41.4 Å². The minimum atomic E-state index is -0.249. The van der Waals surface area contributed by atoms with Crippen LogP contribution in [0, 0.1) is 6.92 Å². The van der Waals surface area contributed by atoms with Crippen LogP contribution >= 0.6 is 11.6 Å². The molecule has 2 aromatic rings. The van der Waals surface area contributed by atoms with E-state index in [4.69, 9.17) is 16.3 Å². The largest absolute Gasteiger partial charge is 0.473 e. The number of halogens is 1. The average Bonchev–Trinajstić information content (AvgIpc) is 2.51. The monoisotopic (exact) mass is 318 g/mol. The summed E-state index contributed by atoms with van der Waals surface area (Å²) in [5.74, 6) is 0.657. The van der Waals surface area contributed by atoms with Gasteiger partial charge in [-0.2, -0.15) is 0 Å². The van der Waals surface area contributed by atoms with Crippen LogP contribution in [0.5, 0.6) is 5.75 Å². The van der Waals surface area contributed by atoms with Gasteiger partial charge in [0.15, 0.2) is 6.73 Å². The summed E-state index contributed by atoms with van der Waals surface area (Å²) in [6.07, 6.45) is 0.797. The highest BCUT2D eigenvalue weighted by Gasteiger charge is 2.00. The lowest BCUT2D eigenvalue weighted by Crippen LogP contribution is -2.38. The van der Waals surface area contributed by atoms with Crippen molar-refractivity contribution in [1.29, 1.82) is 0 Å². The second kappa shape index (κ2) is 8.29. The molecule has 4 nitrogen and oxygen atoms in total. The number of aryl methyl sites for hydroxylation is 1. The second-order valence-electron chi connectivity index (χ2n) is 4.91. The second-order valence-corrected chi connectivity index (χ2v) is 5.35. The van der Waals surface area contributed by atoms with Crippen molar-refractivity contribution < 1.29 is 9.53 Å². The van der Waals surface area contributed by atoms with E-state index in [2.05, 4.69) is 41.8 Å². The number of amides is 2. The van der Waals surface area contributed by atoms with Gasteiger partial charge in [0.25, 0.3) is 0 Å². The van der Waals surface area contributed by atoms with Gasteiger partial charge in [0.1, 0.15) is 5.75 Å². The van der Waals surface area contributed by atoms with Crippen molar-refractivity contribution in [3.63, 3.8) is 0 Å². The molecule has 2 N–H and O–H groups in total. The van der Waals surface area contributed by atoms with Crippen LogP contribution in [-0.2, 0) is 6.42 Å². The summed E-state index contributed by atoms with van der Waals surface area (Å²) >= 11 is 5.78. The smallest absolute Gasteiger partial charge is 0.317 e. The minimum Gasteiger partial charge on any atom is -0.473 e. The highest BCUT2D eigenvalue weighted by atomic mass is 35.5. The van der Waals surface area contributed by atoms with E-state index in [1.54, 1.807) is 24.3 Å². The van der Waals surface area contributed by atoms with Crippen LogP contribution in [0.4, 0.5) is 4.79 Å². The summed E-state index contributed by atoms with van der Waals surface area (Å²) in [7, 11) is 0. The predicted octanol–water partition coefficient (Wildman–Crippen LogP) is 3.53. The Morgan fingerprint density at radius 3 is 2.41 bits per heavy atom. The summed E-state index contributed by atoms with van der Waals surface area (Å²) in [5.41, 5.74) is 2.43. The van der Waals surface area contributed by atoms with E-state index in [1.165, 1.54) is 11.1 Å². The Balaban J connectivity index is 1.61. The van der Waals surface area contributed by atoms with Crippen LogP contribution < -0.4 is 15.4 Å². The summed E-state index contributed by atoms with van der Waals surface area (Å²) in [4.78, 5) is 11.6. The first-order valence-corrected chi connectivity index (χ1v) is 7.47. The molecule has 2 amide bonds. The van der Waals surface area contributed by atoms with E-state index < -0.39 is 0 Å². The Kier molecular flexibility index (Phi) is 6.10. The first kappa shape index (κ1) is 16.2. The molecular formula is C17H19ClN2O2. The maximum Gasteiger partial charge on any atom is 0.317 e. The van der Waals surface area contributed by atoms with Crippen molar-refractivity contribution in [3.8, 4) is 5.75 Å². The van der Waals surface area contributed by atoms with E-state index in [0.29, 0.717) is 17.3 Å². The van der Waals surface area contributed by atoms with Crippen molar-refractivity contribution in [3.05, 3.63) is 64.7 Å². The lowest BCUT2D eigenvalue weighted by Gasteiger charge is -2.09.